The van der Waals surface area contributed by atoms with Gasteiger partial charge in [-0.2, -0.15) is 0 Å². The molecule has 1 aromatic rings. The van der Waals surface area contributed by atoms with Crippen LogP contribution in [0.2, 0.25) is 0 Å². The molecule has 22 heavy (non-hydrogen) atoms. The molecule has 0 saturated carbocycles. The van der Waals surface area contributed by atoms with Crippen LogP contribution in [0.15, 0.2) is 23.7 Å². The van der Waals surface area contributed by atoms with Gasteiger partial charge >= 0.3 is 0 Å². The van der Waals surface area contributed by atoms with Crippen molar-refractivity contribution in [3.63, 3.8) is 0 Å². The average molecular weight is 304 g/mol. The molecule has 2 aliphatic rings. The number of rotatable bonds is 2. The number of carbonyl (C=O) groups is 1. The molecule has 3 heterocycles. The highest BCUT2D eigenvalue weighted by Gasteiger charge is 2.32. The van der Waals surface area contributed by atoms with Crippen LogP contribution in [0.4, 0.5) is 0 Å². The molecule has 0 bridgehead atoms. The van der Waals surface area contributed by atoms with Crippen molar-refractivity contribution < 1.29 is 9.53 Å². The standard InChI is InChI=1S/C16H24N4O2/c1-12-13(5-4-10-22-12)16(21)20-9-8-18(2)14(11-20)15-17-6-7-19(15)3/h6-7,14H,4-5,8-11H2,1-3H3/t14-/m1/s1. The number of carbonyl (C=O) groups excluding carboxylic acids is 1. The second-order valence-corrected chi connectivity index (χ2v) is 6.13. The second-order valence-electron chi connectivity index (χ2n) is 6.13. The highest BCUT2D eigenvalue weighted by Crippen LogP contribution is 2.26. The molecule has 6 heteroatoms. The molecule has 120 valence electrons. The van der Waals surface area contributed by atoms with Gasteiger partial charge in [0.25, 0.3) is 5.91 Å². The predicted molar refractivity (Wildman–Crippen MR) is 83.0 cm³/mol. The minimum absolute atomic E-state index is 0.129. The van der Waals surface area contributed by atoms with E-state index in [4.69, 9.17) is 4.74 Å². The van der Waals surface area contributed by atoms with Crippen molar-refractivity contribution in [3.8, 4) is 0 Å². The van der Waals surface area contributed by atoms with E-state index in [-0.39, 0.29) is 11.9 Å². The van der Waals surface area contributed by atoms with Gasteiger partial charge < -0.3 is 14.2 Å². The lowest BCUT2D eigenvalue weighted by Crippen LogP contribution is -2.50. The molecule has 0 N–H and O–H groups in total. The summed E-state index contributed by atoms with van der Waals surface area (Å²) in [6, 6.07) is 0.142. The number of aromatic nitrogens is 2. The zero-order valence-electron chi connectivity index (χ0n) is 13.6. The van der Waals surface area contributed by atoms with Gasteiger partial charge in [-0.3, -0.25) is 9.69 Å². The molecule has 0 aliphatic carbocycles. The lowest BCUT2D eigenvalue weighted by Gasteiger charge is -2.39. The summed E-state index contributed by atoms with van der Waals surface area (Å²) in [5, 5.41) is 0. The number of imidazole rings is 1. The van der Waals surface area contributed by atoms with Crippen LogP contribution in [0.1, 0.15) is 31.6 Å². The number of hydrogen-bond donors (Lipinski definition) is 0. The molecule has 2 aliphatic heterocycles. The Labute approximate surface area is 131 Å². The molecule has 6 nitrogen and oxygen atoms in total. The van der Waals surface area contributed by atoms with Crippen molar-refractivity contribution >= 4 is 5.91 Å². The van der Waals surface area contributed by atoms with Crippen LogP contribution < -0.4 is 0 Å². The van der Waals surface area contributed by atoms with Crippen molar-refractivity contribution in [2.24, 2.45) is 7.05 Å². The lowest BCUT2D eigenvalue weighted by molar-refractivity contribution is -0.130. The first-order chi connectivity index (χ1) is 10.6. The Balaban J connectivity index is 1.78. The van der Waals surface area contributed by atoms with E-state index in [1.54, 1.807) is 0 Å². The first-order valence-corrected chi connectivity index (χ1v) is 7.87. The highest BCUT2D eigenvalue weighted by molar-refractivity contribution is 5.94. The van der Waals surface area contributed by atoms with E-state index in [9.17, 15) is 4.79 Å². The van der Waals surface area contributed by atoms with Gasteiger partial charge in [0.1, 0.15) is 11.6 Å². The smallest absolute Gasteiger partial charge is 0.253 e. The van der Waals surface area contributed by atoms with Crippen LogP contribution in [0.5, 0.6) is 0 Å². The van der Waals surface area contributed by atoms with Gasteiger partial charge in [0.2, 0.25) is 0 Å². The quantitative estimate of drug-likeness (QED) is 0.827. The summed E-state index contributed by atoms with van der Waals surface area (Å²) in [6.07, 6.45) is 5.51. The summed E-state index contributed by atoms with van der Waals surface area (Å²) in [5.74, 6) is 1.93. The first kappa shape index (κ1) is 15.1. The van der Waals surface area contributed by atoms with Gasteiger partial charge in [-0.05, 0) is 26.8 Å². The number of piperazine rings is 1. The Morgan fingerprint density at radius 1 is 1.36 bits per heavy atom. The van der Waals surface area contributed by atoms with Crippen LogP contribution in [-0.2, 0) is 16.6 Å². The third-order valence-corrected chi connectivity index (χ3v) is 4.66. The molecular formula is C16H24N4O2. The molecule has 1 amide bonds. The van der Waals surface area contributed by atoms with Crippen LogP contribution >= 0.6 is 0 Å². The fourth-order valence-corrected chi connectivity index (χ4v) is 3.22. The van der Waals surface area contributed by atoms with Crippen molar-refractivity contribution in [1.29, 1.82) is 0 Å². The summed E-state index contributed by atoms with van der Waals surface area (Å²) in [4.78, 5) is 21.5. The van der Waals surface area contributed by atoms with Crippen molar-refractivity contribution in [2.45, 2.75) is 25.8 Å². The van der Waals surface area contributed by atoms with E-state index in [1.807, 2.05) is 35.8 Å². The van der Waals surface area contributed by atoms with Gasteiger partial charge in [0, 0.05) is 39.1 Å². The van der Waals surface area contributed by atoms with Crippen LogP contribution in [0.3, 0.4) is 0 Å². The summed E-state index contributed by atoms with van der Waals surface area (Å²) in [7, 11) is 4.09. The molecule has 1 atom stereocenters. The number of amides is 1. The van der Waals surface area contributed by atoms with Gasteiger partial charge in [0.05, 0.1) is 18.2 Å². The summed E-state index contributed by atoms with van der Waals surface area (Å²) in [6.45, 7) is 4.92. The number of likely N-dealkylation sites (N-methyl/N-ethyl adjacent to an activating group) is 1. The molecule has 1 saturated heterocycles. The SMILES string of the molecule is CC1=C(C(=O)N2CCN(C)[C@@H](c3nccn3C)C2)CCCO1. The third kappa shape index (κ3) is 2.75. The van der Waals surface area contributed by atoms with Crippen LogP contribution in [0, 0.1) is 0 Å². The van der Waals surface area contributed by atoms with Gasteiger partial charge in [0.15, 0.2) is 0 Å². The fraction of sp³-hybridized carbons (Fsp3) is 0.625. The molecule has 0 unspecified atom stereocenters. The molecular weight excluding hydrogens is 280 g/mol. The van der Waals surface area contributed by atoms with E-state index in [1.165, 1.54) is 0 Å². The lowest BCUT2D eigenvalue weighted by atomic mass is 10.0. The summed E-state index contributed by atoms with van der Waals surface area (Å²) < 4.78 is 7.58. The van der Waals surface area contributed by atoms with Crippen LogP contribution in [0.25, 0.3) is 0 Å². The Bertz CT molecular complexity index is 593. The first-order valence-electron chi connectivity index (χ1n) is 7.87. The molecule has 0 spiro atoms. The van der Waals surface area contributed by atoms with Gasteiger partial charge in [-0.15, -0.1) is 0 Å². The maximum absolute atomic E-state index is 12.8. The van der Waals surface area contributed by atoms with E-state index in [0.717, 1.165) is 49.7 Å². The number of aryl methyl sites for hydroxylation is 1. The Kier molecular flexibility index (Phi) is 4.20. The van der Waals surface area contributed by atoms with Crippen molar-refractivity contribution in [2.75, 3.05) is 33.3 Å². The summed E-state index contributed by atoms with van der Waals surface area (Å²) >= 11 is 0. The zero-order valence-corrected chi connectivity index (χ0v) is 13.6. The van der Waals surface area contributed by atoms with Gasteiger partial charge in [-0.25, -0.2) is 4.98 Å². The monoisotopic (exact) mass is 304 g/mol. The zero-order chi connectivity index (χ0) is 15.7. The minimum atomic E-state index is 0.129. The second kappa shape index (κ2) is 6.12. The Morgan fingerprint density at radius 3 is 2.86 bits per heavy atom. The van der Waals surface area contributed by atoms with Crippen LogP contribution in [-0.4, -0.2) is 58.5 Å². The normalized spacial score (nSPS) is 23.6. The van der Waals surface area contributed by atoms with E-state index in [0.29, 0.717) is 6.54 Å². The Hall–Kier alpha value is -1.82. The fourth-order valence-electron chi connectivity index (χ4n) is 3.22. The number of nitrogens with zero attached hydrogens (tertiary/aromatic N) is 4. The molecule has 0 aromatic carbocycles. The van der Waals surface area contributed by atoms with Crippen molar-refractivity contribution in [1.82, 2.24) is 19.4 Å². The third-order valence-electron chi connectivity index (χ3n) is 4.66. The topological polar surface area (TPSA) is 50.6 Å². The Morgan fingerprint density at radius 2 is 2.18 bits per heavy atom. The van der Waals surface area contributed by atoms with E-state index in [2.05, 4.69) is 16.9 Å². The maximum atomic E-state index is 12.8. The van der Waals surface area contributed by atoms with E-state index >= 15 is 0 Å². The summed E-state index contributed by atoms with van der Waals surface area (Å²) in [5.41, 5.74) is 0.842. The number of allylic oxidation sites excluding steroid dienone is 1. The molecule has 1 aromatic heterocycles. The average Bonchev–Trinajstić information content (AvgIpc) is 2.93. The van der Waals surface area contributed by atoms with E-state index < -0.39 is 0 Å². The minimum Gasteiger partial charge on any atom is -0.498 e. The molecule has 0 radical (unpaired) electrons. The van der Waals surface area contributed by atoms with Crippen molar-refractivity contribution in [3.05, 3.63) is 29.6 Å². The largest absolute Gasteiger partial charge is 0.498 e. The molecule has 1 fully saturated rings. The predicted octanol–water partition coefficient (Wildman–Crippen LogP) is 1.32. The number of hydrogen-bond acceptors (Lipinski definition) is 4. The maximum Gasteiger partial charge on any atom is 0.253 e. The number of ether oxygens (including phenoxy) is 1. The highest BCUT2D eigenvalue weighted by atomic mass is 16.5. The van der Waals surface area contributed by atoms with Gasteiger partial charge in [-0.1, -0.05) is 0 Å². The molecule has 3 rings (SSSR count).